The zero-order valence-corrected chi connectivity index (χ0v) is 9.01. The smallest absolute Gasteiger partial charge is 0.379 e. The van der Waals surface area contributed by atoms with Crippen molar-refractivity contribution < 1.29 is 25.8 Å². The number of nitrogens with zero attached hydrogens (tertiary/aromatic N) is 1. The monoisotopic (exact) mass is 257 g/mol. The van der Waals surface area contributed by atoms with E-state index in [-0.39, 0.29) is 11.7 Å². The van der Waals surface area contributed by atoms with Gasteiger partial charge in [-0.05, 0) is 12.8 Å². The predicted molar refractivity (Wildman–Crippen MR) is 48.4 cm³/mol. The van der Waals surface area contributed by atoms with Crippen molar-refractivity contribution in [2.75, 3.05) is 13.1 Å². The van der Waals surface area contributed by atoms with E-state index in [0.29, 0.717) is 12.8 Å². The third-order valence-corrected chi connectivity index (χ3v) is 3.71. The van der Waals surface area contributed by atoms with Crippen LogP contribution in [0.3, 0.4) is 0 Å². The number of rotatable bonds is 2. The molecule has 0 aromatic rings. The topological polar surface area (TPSA) is 46.6 Å². The Bertz CT molecular complexity index is 407. The summed E-state index contributed by atoms with van der Waals surface area (Å²) in [6.07, 6.45) is 2.64. The van der Waals surface area contributed by atoms with Crippen LogP contribution in [0.5, 0.6) is 0 Å². The summed E-state index contributed by atoms with van der Waals surface area (Å²) in [5.74, 6) is -0.294. The maximum atomic E-state index is 12.1. The third kappa shape index (κ3) is 1.98. The molecule has 8 heteroatoms. The molecule has 4 nitrogen and oxygen atoms in total. The number of piperidine rings is 1. The molecule has 0 atom stereocenters. The second-order valence-electron chi connectivity index (χ2n) is 3.82. The lowest BCUT2D eigenvalue weighted by atomic mass is 9.92. The van der Waals surface area contributed by atoms with Crippen LogP contribution in [0, 0.1) is 5.92 Å². The van der Waals surface area contributed by atoms with Crippen LogP contribution >= 0.6 is 0 Å². The van der Waals surface area contributed by atoms with E-state index < -0.39 is 15.6 Å². The number of hydrogen-bond acceptors (Lipinski definition) is 4. The molecule has 0 amide bonds. The Hall–Kier alpha value is -0.920. The third-order valence-electron chi connectivity index (χ3n) is 2.73. The van der Waals surface area contributed by atoms with Gasteiger partial charge in [0.15, 0.2) is 0 Å². The summed E-state index contributed by atoms with van der Waals surface area (Å²) in [6, 6.07) is 0. The fraction of sp³-hybridized carbons (Fsp3) is 0.750. The quantitative estimate of drug-likeness (QED) is 0.554. The van der Waals surface area contributed by atoms with Gasteiger partial charge in [-0.1, -0.05) is 0 Å². The number of alkyl halides is 3. The molecule has 2 bridgehead atoms. The lowest BCUT2D eigenvalue weighted by Crippen LogP contribution is -2.38. The Labute approximate surface area is 90.8 Å². The van der Waals surface area contributed by atoms with E-state index in [1.165, 1.54) is 6.20 Å². The predicted octanol–water partition coefficient (Wildman–Crippen LogP) is 1.42. The molecule has 0 saturated carbocycles. The highest BCUT2D eigenvalue weighted by Crippen LogP contribution is 2.35. The Morgan fingerprint density at radius 2 is 1.88 bits per heavy atom. The molecule has 0 N–H and O–H groups in total. The first-order valence-corrected chi connectivity index (χ1v) is 6.17. The minimum absolute atomic E-state index is 0.0881. The van der Waals surface area contributed by atoms with Crippen molar-refractivity contribution in [3.05, 3.63) is 12.0 Å². The van der Waals surface area contributed by atoms with E-state index in [1.807, 2.05) is 0 Å². The number of fused-ring (bicyclic) bond motifs is 2. The van der Waals surface area contributed by atoms with Crippen molar-refractivity contribution in [3.8, 4) is 0 Å². The number of halogens is 3. The van der Waals surface area contributed by atoms with E-state index in [0.717, 1.165) is 13.1 Å². The van der Waals surface area contributed by atoms with Crippen LogP contribution in [0.25, 0.3) is 0 Å². The first kappa shape index (κ1) is 11.6. The standard InChI is InChI=1S/C8H10F3NO3S/c9-8(10,11)16(13,14)15-7-5-12-3-1-6(7)2-4-12/h5-6H,1-4H2. The van der Waals surface area contributed by atoms with Crippen LogP contribution < -0.4 is 0 Å². The lowest BCUT2D eigenvalue weighted by molar-refractivity contribution is -0.0533. The highest BCUT2D eigenvalue weighted by molar-refractivity contribution is 7.87. The number of hydrogen-bond donors (Lipinski definition) is 0. The highest BCUT2D eigenvalue weighted by atomic mass is 32.2. The maximum Gasteiger partial charge on any atom is 0.534 e. The maximum absolute atomic E-state index is 12.1. The molecular formula is C8H10F3NO3S. The highest BCUT2D eigenvalue weighted by Gasteiger charge is 2.49. The van der Waals surface area contributed by atoms with Gasteiger partial charge in [0.2, 0.25) is 0 Å². The SMILES string of the molecule is O=S(=O)(OC1=CN2CCC1CC2)C(F)(F)F. The first-order chi connectivity index (χ1) is 7.29. The van der Waals surface area contributed by atoms with Crippen molar-refractivity contribution in [2.45, 2.75) is 18.3 Å². The summed E-state index contributed by atoms with van der Waals surface area (Å²) in [7, 11) is -5.51. The van der Waals surface area contributed by atoms with E-state index in [9.17, 15) is 21.6 Å². The van der Waals surface area contributed by atoms with Gasteiger partial charge < -0.3 is 9.08 Å². The Balaban J connectivity index is 2.18. The molecular weight excluding hydrogens is 247 g/mol. The minimum Gasteiger partial charge on any atom is -0.379 e. The van der Waals surface area contributed by atoms with Crippen LogP contribution in [-0.2, 0) is 14.3 Å². The van der Waals surface area contributed by atoms with E-state index in [2.05, 4.69) is 4.18 Å². The summed E-state index contributed by atoms with van der Waals surface area (Å²) in [4.78, 5) is 1.77. The van der Waals surface area contributed by atoms with Crippen LogP contribution in [-0.4, -0.2) is 31.9 Å². The van der Waals surface area contributed by atoms with Crippen molar-refractivity contribution in [1.82, 2.24) is 4.90 Å². The van der Waals surface area contributed by atoms with Gasteiger partial charge in [0.05, 0.1) is 0 Å². The van der Waals surface area contributed by atoms with Crippen LogP contribution in [0.4, 0.5) is 13.2 Å². The Morgan fingerprint density at radius 3 is 2.25 bits per heavy atom. The molecule has 0 aromatic heterocycles. The zero-order chi connectivity index (χ0) is 12.0. The fourth-order valence-corrected chi connectivity index (χ4v) is 2.39. The molecule has 0 aromatic carbocycles. The van der Waals surface area contributed by atoms with E-state index >= 15 is 0 Å². The van der Waals surface area contributed by atoms with Gasteiger partial charge in [0.1, 0.15) is 5.76 Å². The molecule has 1 fully saturated rings. The van der Waals surface area contributed by atoms with Gasteiger partial charge in [-0.3, -0.25) is 0 Å². The minimum atomic E-state index is -5.51. The van der Waals surface area contributed by atoms with E-state index in [4.69, 9.17) is 0 Å². The van der Waals surface area contributed by atoms with Crippen molar-refractivity contribution in [3.63, 3.8) is 0 Å². The molecule has 16 heavy (non-hydrogen) atoms. The average molecular weight is 257 g/mol. The summed E-state index contributed by atoms with van der Waals surface area (Å²) in [5, 5.41) is 0. The van der Waals surface area contributed by atoms with Gasteiger partial charge in [-0.2, -0.15) is 21.6 Å². The normalized spacial score (nSPS) is 22.2. The van der Waals surface area contributed by atoms with E-state index in [1.54, 1.807) is 4.90 Å². The molecule has 92 valence electrons. The molecule has 3 heterocycles. The first-order valence-electron chi connectivity index (χ1n) is 4.76. The summed E-state index contributed by atoms with van der Waals surface area (Å²) >= 11 is 0. The second kappa shape index (κ2) is 3.54. The van der Waals surface area contributed by atoms with Crippen molar-refractivity contribution in [1.29, 1.82) is 0 Å². The van der Waals surface area contributed by atoms with Crippen LogP contribution in [0.1, 0.15) is 12.8 Å². The molecule has 0 radical (unpaired) electrons. The van der Waals surface area contributed by atoms with Gasteiger partial charge in [-0.15, -0.1) is 0 Å². The van der Waals surface area contributed by atoms with Gasteiger partial charge in [0.25, 0.3) is 0 Å². The Kier molecular flexibility index (Phi) is 2.56. The average Bonchev–Trinajstić information content (AvgIpc) is 2.17. The summed E-state index contributed by atoms with van der Waals surface area (Å²) in [6.45, 7) is 1.48. The van der Waals surface area contributed by atoms with Crippen LogP contribution in [0.2, 0.25) is 0 Å². The molecule has 0 unspecified atom stereocenters. The molecule has 3 rings (SSSR count). The molecule has 3 aliphatic rings. The number of allylic oxidation sites excluding steroid dienone is 1. The van der Waals surface area contributed by atoms with Crippen LogP contribution in [0.15, 0.2) is 12.0 Å². The Morgan fingerprint density at radius 1 is 1.31 bits per heavy atom. The molecule has 0 spiro atoms. The van der Waals surface area contributed by atoms with Gasteiger partial charge >= 0.3 is 15.6 Å². The molecule has 0 aliphatic carbocycles. The summed E-state index contributed by atoms with van der Waals surface area (Å²) in [5.41, 5.74) is -5.36. The largest absolute Gasteiger partial charge is 0.534 e. The van der Waals surface area contributed by atoms with Crippen molar-refractivity contribution in [2.24, 2.45) is 5.92 Å². The van der Waals surface area contributed by atoms with Gasteiger partial charge in [0, 0.05) is 25.2 Å². The zero-order valence-electron chi connectivity index (χ0n) is 8.20. The fourth-order valence-electron chi connectivity index (χ4n) is 1.86. The second-order valence-corrected chi connectivity index (χ2v) is 5.36. The van der Waals surface area contributed by atoms with Crippen molar-refractivity contribution >= 4 is 10.1 Å². The summed E-state index contributed by atoms with van der Waals surface area (Å²) < 4.78 is 62.0. The molecule has 1 saturated heterocycles. The lowest BCUT2D eigenvalue weighted by Gasteiger charge is -2.37. The van der Waals surface area contributed by atoms with Gasteiger partial charge in [-0.25, -0.2) is 0 Å². The molecule has 3 aliphatic heterocycles.